The minimum absolute atomic E-state index is 0.154. The van der Waals surface area contributed by atoms with E-state index in [1.807, 2.05) is 0 Å². The van der Waals surface area contributed by atoms with Crippen LogP contribution in [0.2, 0.25) is 0 Å². The Morgan fingerprint density at radius 1 is 0.808 bits per heavy atom. The van der Waals surface area contributed by atoms with Crippen molar-refractivity contribution in [1.82, 2.24) is 0 Å². The Balaban J connectivity index is 5.36. The number of rotatable bonds is 17. The fourth-order valence-corrected chi connectivity index (χ4v) is 9.06. The Morgan fingerprint density at radius 3 is 1.77 bits per heavy atom. The minimum atomic E-state index is -1.28. The van der Waals surface area contributed by atoms with Crippen molar-refractivity contribution in [1.29, 1.82) is 0 Å². The maximum absolute atomic E-state index is 12.3. The van der Waals surface area contributed by atoms with Gasteiger partial charge in [0.1, 0.15) is 0 Å². The molecule has 1 unspecified atom stereocenters. The Hall–Kier alpha value is -0.360. The summed E-state index contributed by atoms with van der Waals surface area (Å²) in [5.41, 5.74) is 0.540. The quantitative estimate of drug-likeness (QED) is 0.110. The van der Waals surface area contributed by atoms with Crippen LogP contribution in [-0.2, 0) is 9.53 Å². The lowest BCUT2D eigenvalue weighted by molar-refractivity contribution is -0.140. The lowest BCUT2D eigenvalue weighted by atomic mass is 10.2. The van der Waals surface area contributed by atoms with Gasteiger partial charge >= 0.3 is 5.97 Å². The second kappa shape index (κ2) is 15.7. The highest BCUT2D eigenvalue weighted by Crippen LogP contribution is 2.66. The first-order valence-electron chi connectivity index (χ1n) is 11.2. The molecule has 0 saturated carbocycles. The number of hydrogen-bond acceptors (Lipinski definition) is 2. The average Bonchev–Trinajstić information content (AvgIpc) is 2.62. The summed E-state index contributed by atoms with van der Waals surface area (Å²) >= 11 is 0. The summed E-state index contributed by atoms with van der Waals surface area (Å²) in [5.74, 6) is -0.0206. The lowest BCUT2D eigenvalue weighted by Crippen LogP contribution is -2.28. The van der Waals surface area contributed by atoms with Crippen LogP contribution in [0.3, 0.4) is 0 Å². The normalized spacial score (nSPS) is 12.8. The van der Waals surface area contributed by atoms with Crippen molar-refractivity contribution in [3.63, 3.8) is 0 Å². The molecule has 0 N–H and O–H groups in total. The highest BCUT2D eigenvalue weighted by molar-refractivity contribution is 7.76. The zero-order chi connectivity index (χ0) is 19.8. The van der Waals surface area contributed by atoms with E-state index >= 15 is 0 Å². The summed E-state index contributed by atoms with van der Waals surface area (Å²) in [5, 5.41) is 0. The Bertz CT molecular complexity index is 370. The molecule has 0 bridgehead atoms. The van der Waals surface area contributed by atoms with E-state index in [1.54, 1.807) is 6.92 Å². The maximum Gasteiger partial charge on any atom is 0.336 e. The Morgan fingerprint density at radius 2 is 1.31 bits per heavy atom. The second-order valence-corrected chi connectivity index (χ2v) is 12.3. The third-order valence-electron chi connectivity index (χ3n) is 5.36. The van der Waals surface area contributed by atoms with Crippen LogP contribution in [0, 0.1) is 0 Å². The zero-order valence-electron chi connectivity index (χ0n) is 18.4. The summed E-state index contributed by atoms with van der Waals surface area (Å²) in [6, 6.07) is 0. The first-order valence-corrected chi connectivity index (χ1v) is 13.6. The Kier molecular flexibility index (Phi) is 15.5. The molecule has 0 aromatic carbocycles. The van der Waals surface area contributed by atoms with Crippen molar-refractivity contribution >= 4 is 13.2 Å². The molecule has 0 saturated heterocycles. The highest BCUT2D eigenvalue weighted by atomic mass is 31.2. The second-order valence-electron chi connectivity index (χ2n) is 7.94. The van der Waals surface area contributed by atoms with Crippen molar-refractivity contribution in [2.45, 2.75) is 111 Å². The summed E-state index contributed by atoms with van der Waals surface area (Å²) < 4.78 is 6.10. The maximum atomic E-state index is 12.3. The van der Waals surface area contributed by atoms with Gasteiger partial charge in [0.15, 0.2) is 0 Å². The van der Waals surface area contributed by atoms with Crippen molar-refractivity contribution in [3.05, 3.63) is 12.2 Å². The molecule has 0 aliphatic rings. The first kappa shape index (κ1) is 25.6. The lowest BCUT2D eigenvalue weighted by Gasteiger charge is -2.34. The summed E-state index contributed by atoms with van der Waals surface area (Å²) in [4.78, 5) is 12.3. The monoisotopic (exact) mass is 385 g/mol. The topological polar surface area (TPSA) is 26.3 Å². The molecule has 0 aromatic heterocycles. The Labute approximate surface area is 164 Å². The molecule has 1 atom stereocenters. The predicted octanol–water partition coefficient (Wildman–Crippen LogP) is 7.82. The van der Waals surface area contributed by atoms with Gasteiger partial charge in [-0.05, 0) is 39.0 Å². The number of ether oxygens (including phenoxy) is 1. The molecule has 0 heterocycles. The van der Waals surface area contributed by atoms with Crippen molar-refractivity contribution < 1.29 is 9.53 Å². The van der Waals surface area contributed by atoms with Gasteiger partial charge in [-0.3, -0.25) is 0 Å². The predicted molar refractivity (Wildman–Crippen MR) is 120 cm³/mol. The first-order chi connectivity index (χ1) is 12.5. The fourth-order valence-electron chi connectivity index (χ4n) is 3.66. The van der Waals surface area contributed by atoms with Gasteiger partial charge in [0, 0.05) is 12.0 Å². The van der Waals surface area contributed by atoms with E-state index < -0.39 is 7.26 Å². The van der Waals surface area contributed by atoms with Gasteiger partial charge in [-0.1, -0.05) is 66.4 Å². The number of unbranched alkanes of at least 4 members (excludes halogenated alkanes) is 6. The molecule has 154 valence electrons. The van der Waals surface area contributed by atoms with Crippen LogP contribution >= 0.6 is 7.26 Å². The van der Waals surface area contributed by atoms with Crippen LogP contribution in [-0.4, -0.2) is 30.3 Å². The molecule has 0 aromatic rings. The molecule has 0 aliphatic heterocycles. The van der Waals surface area contributed by atoms with Crippen LogP contribution in [0.1, 0.15) is 105 Å². The highest BCUT2D eigenvalue weighted by Gasteiger charge is 2.46. The van der Waals surface area contributed by atoms with Gasteiger partial charge in [0.05, 0.1) is 25.7 Å². The third kappa shape index (κ3) is 10.1. The zero-order valence-corrected chi connectivity index (χ0v) is 19.3. The fraction of sp³-hybridized carbons (Fsp3) is 0.870. The van der Waals surface area contributed by atoms with Gasteiger partial charge in [-0.2, -0.15) is 0 Å². The molecule has 0 spiro atoms. The number of hydrogen-bond donors (Lipinski definition) is 0. The molecule has 0 aliphatic carbocycles. The van der Waals surface area contributed by atoms with E-state index in [0.717, 1.165) is 12.8 Å². The smallest absolute Gasteiger partial charge is 0.336 e. The van der Waals surface area contributed by atoms with Crippen molar-refractivity contribution in [2.75, 3.05) is 18.5 Å². The van der Waals surface area contributed by atoms with Gasteiger partial charge in [-0.15, -0.1) is 0 Å². The van der Waals surface area contributed by atoms with Crippen LogP contribution in [0.25, 0.3) is 0 Å². The van der Waals surface area contributed by atoms with Gasteiger partial charge in [0.2, 0.25) is 5.85 Å². The summed E-state index contributed by atoms with van der Waals surface area (Å²) in [6.45, 7) is 14.6. The summed E-state index contributed by atoms with van der Waals surface area (Å²) in [6.07, 6.45) is 17.7. The largest absolute Gasteiger partial charge is 0.424 e. The molecule has 0 rings (SSSR count). The van der Waals surface area contributed by atoms with E-state index in [4.69, 9.17) is 4.74 Å². The van der Waals surface area contributed by atoms with Crippen LogP contribution in [0.15, 0.2) is 12.2 Å². The standard InChI is InChI=1S/C23H46O2P/c1-7-11-14-15-16-20-26(18-12-8-2,19-13-9-3)22(17-10-4)25-23(24)21(5)6/h22H,5,7-20H2,1-4,6H3/q+1. The molecule has 0 radical (unpaired) electrons. The van der Waals surface area contributed by atoms with Crippen LogP contribution < -0.4 is 0 Å². The van der Waals surface area contributed by atoms with Crippen LogP contribution in [0.5, 0.6) is 0 Å². The molecule has 3 heteroatoms. The van der Waals surface area contributed by atoms with E-state index in [2.05, 4.69) is 34.3 Å². The molecule has 26 heavy (non-hydrogen) atoms. The minimum Gasteiger partial charge on any atom is -0.424 e. The number of carbonyl (C=O) groups excluding carboxylic acids is 1. The van der Waals surface area contributed by atoms with Gasteiger partial charge < -0.3 is 4.74 Å². The average molecular weight is 386 g/mol. The third-order valence-corrected chi connectivity index (χ3v) is 10.6. The SMILES string of the molecule is C=C(C)C(=O)OC(CCC)[P+](CCCC)(CCCC)CCCCCCC. The van der Waals surface area contributed by atoms with Crippen molar-refractivity contribution in [3.8, 4) is 0 Å². The molecular formula is C23H46O2P+. The van der Waals surface area contributed by atoms with E-state index in [9.17, 15) is 4.79 Å². The van der Waals surface area contributed by atoms with Crippen molar-refractivity contribution in [2.24, 2.45) is 0 Å². The number of carbonyl (C=O) groups is 1. The van der Waals surface area contributed by atoms with Crippen LogP contribution in [0.4, 0.5) is 0 Å². The van der Waals surface area contributed by atoms with E-state index in [1.165, 1.54) is 76.3 Å². The van der Waals surface area contributed by atoms with Gasteiger partial charge in [-0.25, -0.2) is 4.79 Å². The summed E-state index contributed by atoms with van der Waals surface area (Å²) in [7, 11) is -1.28. The van der Waals surface area contributed by atoms with E-state index in [-0.39, 0.29) is 11.8 Å². The molecule has 0 fully saturated rings. The number of esters is 1. The van der Waals surface area contributed by atoms with Gasteiger partial charge in [0.25, 0.3) is 0 Å². The molecule has 2 nitrogen and oxygen atoms in total. The molecular weight excluding hydrogens is 339 g/mol. The molecule has 0 amide bonds. The van der Waals surface area contributed by atoms with E-state index in [0.29, 0.717) is 5.57 Å².